The number of unbranched alkanes of at least 4 members (excludes halogenated alkanes) is 50. The zero-order valence-corrected chi connectivity index (χ0v) is 49.6. The van der Waals surface area contributed by atoms with Crippen molar-refractivity contribution < 1.29 is 24.5 Å². The Morgan fingerprint density at radius 3 is 0.973 bits per heavy atom. The molecule has 0 aromatic heterocycles. The Bertz CT molecular complexity index is 1100. The molecule has 6 heteroatoms. The van der Waals surface area contributed by atoms with Gasteiger partial charge in [0, 0.05) is 12.8 Å². The summed E-state index contributed by atoms with van der Waals surface area (Å²) in [6.45, 7) is 4.97. The van der Waals surface area contributed by atoms with E-state index in [1.807, 2.05) is 0 Å². The van der Waals surface area contributed by atoms with Crippen LogP contribution in [0, 0.1) is 0 Å². The number of allylic oxidation sites excluding steroid dienone is 2. The van der Waals surface area contributed by atoms with E-state index in [1.165, 1.54) is 302 Å². The van der Waals surface area contributed by atoms with Gasteiger partial charge in [-0.1, -0.05) is 328 Å². The Labute approximate surface area is 457 Å². The van der Waals surface area contributed by atoms with Crippen LogP contribution in [-0.2, 0) is 14.3 Å². The molecule has 0 rings (SSSR count). The number of hydrogen-bond acceptors (Lipinski definition) is 5. The van der Waals surface area contributed by atoms with Gasteiger partial charge in [0.2, 0.25) is 5.91 Å². The van der Waals surface area contributed by atoms with Gasteiger partial charge in [0.05, 0.1) is 25.4 Å². The first-order chi connectivity index (χ1) is 36.0. The van der Waals surface area contributed by atoms with Gasteiger partial charge >= 0.3 is 5.97 Å². The number of ether oxygens (including phenoxy) is 1. The fourth-order valence-electron chi connectivity index (χ4n) is 10.7. The summed E-state index contributed by atoms with van der Waals surface area (Å²) >= 11 is 0. The zero-order chi connectivity index (χ0) is 52.9. The predicted octanol–water partition coefficient (Wildman–Crippen LogP) is 21.2. The maximum absolute atomic E-state index is 12.5. The molecular formula is C67H131NO5. The topological polar surface area (TPSA) is 95.9 Å². The highest BCUT2D eigenvalue weighted by Gasteiger charge is 2.20. The van der Waals surface area contributed by atoms with E-state index in [-0.39, 0.29) is 18.5 Å². The molecule has 0 bridgehead atoms. The highest BCUT2D eigenvalue weighted by Crippen LogP contribution is 2.19. The number of rotatable bonds is 63. The van der Waals surface area contributed by atoms with Gasteiger partial charge in [0.15, 0.2) is 0 Å². The van der Waals surface area contributed by atoms with Crippen LogP contribution in [0.5, 0.6) is 0 Å². The Hall–Kier alpha value is -1.40. The first-order valence-electron chi connectivity index (χ1n) is 33.4. The van der Waals surface area contributed by atoms with E-state index in [0.717, 1.165) is 44.9 Å². The van der Waals surface area contributed by atoms with Gasteiger partial charge in [-0.15, -0.1) is 0 Å². The van der Waals surface area contributed by atoms with E-state index < -0.39 is 12.1 Å². The molecule has 0 aliphatic carbocycles. The number of nitrogens with one attached hydrogen (secondary N) is 1. The molecule has 2 atom stereocenters. The fourth-order valence-corrected chi connectivity index (χ4v) is 10.7. The number of hydrogen-bond donors (Lipinski definition) is 3. The molecular weight excluding hydrogens is 899 g/mol. The SMILES string of the molecule is CCCCCCCC/C=C\CCCCCCCC(=O)OCCCCCCCCCCCCCCCCCCCCC(=O)NC(CO)C(O)CCCCCCCCCCCCCCCCCCCCCCCCC. The van der Waals surface area contributed by atoms with Crippen LogP contribution in [0.3, 0.4) is 0 Å². The summed E-state index contributed by atoms with van der Waals surface area (Å²) in [6.07, 6.45) is 76.6. The summed E-state index contributed by atoms with van der Waals surface area (Å²) in [7, 11) is 0. The van der Waals surface area contributed by atoms with Crippen LogP contribution in [0.1, 0.15) is 380 Å². The van der Waals surface area contributed by atoms with E-state index >= 15 is 0 Å². The van der Waals surface area contributed by atoms with Crippen molar-refractivity contribution in [2.45, 2.75) is 392 Å². The first-order valence-corrected chi connectivity index (χ1v) is 33.4. The molecule has 0 aromatic carbocycles. The lowest BCUT2D eigenvalue weighted by molar-refractivity contribution is -0.143. The highest BCUT2D eigenvalue weighted by atomic mass is 16.5. The van der Waals surface area contributed by atoms with Crippen molar-refractivity contribution >= 4 is 11.9 Å². The molecule has 0 spiro atoms. The number of carbonyl (C=O) groups excluding carboxylic acids is 2. The van der Waals surface area contributed by atoms with E-state index in [1.54, 1.807) is 0 Å². The zero-order valence-electron chi connectivity index (χ0n) is 49.6. The normalized spacial score (nSPS) is 12.5. The molecule has 0 aromatic rings. The molecule has 0 saturated heterocycles. The third-order valence-electron chi connectivity index (χ3n) is 15.8. The minimum absolute atomic E-state index is 0.000721. The number of aliphatic hydroxyl groups is 2. The predicted molar refractivity (Wildman–Crippen MR) is 320 cm³/mol. The largest absolute Gasteiger partial charge is 0.466 e. The smallest absolute Gasteiger partial charge is 0.305 e. The third-order valence-corrected chi connectivity index (χ3v) is 15.8. The molecule has 0 fully saturated rings. The third kappa shape index (κ3) is 59.7. The second kappa shape index (κ2) is 63.1. The van der Waals surface area contributed by atoms with Crippen molar-refractivity contribution in [3.8, 4) is 0 Å². The Kier molecular flexibility index (Phi) is 61.9. The molecule has 0 heterocycles. The maximum Gasteiger partial charge on any atom is 0.305 e. The van der Waals surface area contributed by atoms with Gasteiger partial charge in [-0.25, -0.2) is 0 Å². The highest BCUT2D eigenvalue weighted by molar-refractivity contribution is 5.76. The summed E-state index contributed by atoms with van der Waals surface area (Å²) in [6, 6.07) is -0.545. The standard InChI is InChI=1S/C67H131NO5/c1-3-5-7-9-11-13-15-17-19-20-21-22-23-24-25-28-32-35-39-43-47-51-55-59-65(70)64(63-69)68-66(71)60-56-52-48-44-40-36-33-29-26-27-30-34-38-42-46-50-54-58-62-73-67(72)61-57-53-49-45-41-37-31-18-16-14-12-10-8-6-4-2/h18,31,64-65,69-70H,3-17,19-30,32-63H2,1-2H3,(H,68,71)/b31-18-. The number of esters is 1. The van der Waals surface area contributed by atoms with Crippen LogP contribution in [0.2, 0.25) is 0 Å². The molecule has 3 N–H and O–H groups in total. The lowest BCUT2D eigenvalue weighted by atomic mass is 10.0. The second-order valence-corrected chi connectivity index (χ2v) is 23.2. The van der Waals surface area contributed by atoms with Gasteiger partial charge in [0.1, 0.15) is 0 Å². The number of amides is 1. The van der Waals surface area contributed by atoms with Crippen LogP contribution in [0.15, 0.2) is 12.2 Å². The van der Waals surface area contributed by atoms with Gasteiger partial charge in [-0.3, -0.25) is 9.59 Å². The lowest BCUT2D eigenvalue weighted by Gasteiger charge is -2.22. The van der Waals surface area contributed by atoms with Crippen LogP contribution < -0.4 is 5.32 Å². The van der Waals surface area contributed by atoms with E-state index in [4.69, 9.17) is 4.74 Å². The van der Waals surface area contributed by atoms with Crippen molar-refractivity contribution in [3.63, 3.8) is 0 Å². The summed E-state index contributed by atoms with van der Waals surface area (Å²) in [4.78, 5) is 24.6. The fraction of sp³-hybridized carbons (Fsp3) is 0.940. The first kappa shape index (κ1) is 71.6. The van der Waals surface area contributed by atoms with Crippen molar-refractivity contribution in [3.05, 3.63) is 12.2 Å². The quantitative estimate of drug-likeness (QED) is 0.0320. The maximum atomic E-state index is 12.5. The molecule has 0 saturated carbocycles. The number of carbonyl (C=O) groups is 2. The van der Waals surface area contributed by atoms with Crippen LogP contribution >= 0.6 is 0 Å². The van der Waals surface area contributed by atoms with Gasteiger partial charge in [-0.05, 0) is 51.4 Å². The minimum Gasteiger partial charge on any atom is -0.466 e. The average Bonchev–Trinajstić information content (AvgIpc) is 3.39. The molecule has 1 amide bonds. The Balaban J connectivity index is 3.40. The summed E-state index contributed by atoms with van der Waals surface area (Å²) in [5.41, 5.74) is 0. The van der Waals surface area contributed by atoms with Gasteiger partial charge < -0.3 is 20.3 Å². The van der Waals surface area contributed by atoms with Crippen molar-refractivity contribution in [2.75, 3.05) is 13.2 Å². The molecule has 434 valence electrons. The van der Waals surface area contributed by atoms with Crippen LogP contribution in [0.25, 0.3) is 0 Å². The van der Waals surface area contributed by atoms with E-state index in [2.05, 4.69) is 31.3 Å². The second-order valence-electron chi connectivity index (χ2n) is 23.2. The van der Waals surface area contributed by atoms with Gasteiger partial charge in [-0.2, -0.15) is 0 Å². The molecule has 73 heavy (non-hydrogen) atoms. The van der Waals surface area contributed by atoms with Crippen molar-refractivity contribution in [1.82, 2.24) is 5.32 Å². The van der Waals surface area contributed by atoms with Crippen molar-refractivity contribution in [1.29, 1.82) is 0 Å². The van der Waals surface area contributed by atoms with Crippen LogP contribution in [0.4, 0.5) is 0 Å². The molecule has 0 aliphatic rings. The van der Waals surface area contributed by atoms with E-state index in [9.17, 15) is 19.8 Å². The lowest BCUT2D eigenvalue weighted by Crippen LogP contribution is -2.45. The summed E-state index contributed by atoms with van der Waals surface area (Å²) in [5, 5.41) is 23.4. The summed E-state index contributed by atoms with van der Waals surface area (Å²) in [5.74, 6) is -0.0337. The number of aliphatic hydroxyl groups excluding tert-OH is 2. The molecule has 2 unspecified atom stereocenters. The van der Waals surface area contributed by atoms with Crippen molar-refractivity contribution in [2.24, 2.45) is 0 Å². The molecule has 0 aliphatic heterocycles. The van der Waals surface area contributed by atoms with Crippen LogP contribution in [-0.4, -0.2) is 47.4 Å². The molecule has 6 nitrogen and oxygen atoms in total. The van der Waals surface area contributed by atoms with E-state index in [0.29, 0.717) is 25.9 Å². The Morgan fingerprint density at radius 2 is 0.644 bits per heavy atom. The average molecular weight is 1030 g/mol. The summed E-state index contributed by atoms with van der Waals surface area (Å²) < 4.78 is 5.48. The minimum atomic E-state index is -0.668. The van der Waals surface area contributed by atoms with Gasteiger partial charge in [0.25, 0.3) is 0 Å². The Morgan fingerprint density at radius 1 is 0.370 bits per heavy atom. The monoisotopic (exact) mass is 1030 g/mol. The molecule has 0 radical (unpaired) electrons.